The molecule has 0 N–H and O–H groups in total. The molecule has 1 rings (SSSR count). The van der Waals surface area contributed by atoms with Crippen LogP contribution in [0.3, 0.4) is 0 Å². The second-order valence-electron chi connectivity index (χ2n) is 9.51. The van der Waals surface area contributed by atoms with Gasteiger partial charge in [0.1, 0.15) is 48.2 Å². The lowest BCUT2D eigenvalue weighted by atomic mass is 9.71. The van der Waals surface area contributed by atoms with Gasteiger partial charge in [-0.05, 0) is 6.42 Å². The molecular formula is C27H44O7. The molecular weight excluding hydrogens is 436 g/mol. The number of hydrogen-bond donors (Lipinski definition) is 0. The molecule has 0 aromatic heterocycles. The van der Waals surface area contributed by atoms with Gasteiger partial charge in [0, 0.05) is 38.7 Å². The molecule has 7 heteroatoms. The van der Waals surface area contributed by atoms with Crippen LogP contribution in [0.1, 0.15) is 116 Å². The molecule has 1 heterocycles. The SMILES string of the molecule is CCCCCCCCCCCCCCOC(CC=O)(CC=O)C1(CC=O)OC1(CC=O)CC=O. The highest BCUT2D eigenvalue weighted by atomic mass is 16.7. The third-order valence-corrected chi connectivity index (χ3v) is 7.20. The van der Waals surface area contributed by atoms with Gasteiger partial charge in [-0.1, -0.05) is 77.6 Å². The van der Waals surface area contributed by atoms with Gasteiger partial charge in [0.15, 0.2) is 0 Å². The zero-order chi connectivity index (χ0) is 25.2. The molecule has 1 unspecified atom stereocenters. The van der Waals surface area contributed by atoms with Gasteiger partial charge in [0.05, 0.1) is 0 Å². The predicted molar refractivity (Wildman–Crippen MR) is 130 cm³/mol. The third kappa shape index (κ3) is 8.19. The van der Waals surface area contributed by atoms with Crippen molar-refractivity contribution in [2.75, 3.05) is 6.61 Å². The van der Waals surface area contributed by atoms with Crippen molar-refractivity contribution < 1.29 is 33.4 Å². The quantitative estimate of drug-likeness (QED) is 0.104. The van der Waals surface area contributed by atoms with E-state index >= 15 is 0 Å². The predicted octanol–water partition coefficient (Wildman–Crippen LogP) is 4.90. The van der Waals surface area contributed by atoms with Crippen LogP contribution in [-0.2, 0) is 33.4 Å². The molecule has 1 fully saturated rings. The minimum absolute atomic E-state index is 0.110. The number of rotatable bonds is 25. The highest BCUT2D eigenvalue weighted by molar-refractivity contribution is 5.67. The van der Waals surface area contributed by atoms with Crippen molar-refractivity contribution >= 4 is 31.4 Å². The van der Waals surface area contributed by atoms with Crippen LogP contribution in [0.15, 0.2) is 0 Å². The molecule has 1 aliphatic heterocycles. The number of aldehydes is 5. The average molecular weight is 481 g/mol. The topological polar surface area (TPSA) is 107 Å². The molecule has 0 aromatic rings. The Bertz CT molecular complexity index is 598. The van der Waals surface area contributed by atoms with E-state index in [4.69, 9.17) is 9.47 Å². The Hall–Kier alpha value is -1.73. The first kappa shape index (κ1) is 30.3. The van der Waals surface area contributed by atoms with Crippen molar-refractivity contribution in [1.29, 1.82) is 0 Å². The summed E-state index contributed by atoms with van der Waals surface area (Å²) in [6.45, 7) is 2.54. The number of carbonyl (C=O) groups is 5. The number of ether oxygens (including phenoxy) is 2. The van der Waals surface area contributed by atoms with E-state index in [1.54, 1.807) is 0 Å². The second-order valence-corrected chi connectivity index (χ2v) is 9.51. The summed E-state index contributed by atoms with van der Waals surface area (Å²) in [6.07, 6.45) is 16.9. The zero-order valence-corrected chi connectivity index (χ0v) is 21.0. The van der Waals surface area contributed by atoms with Gasteiger partial charge in [-0.25, -0.2) is 0 Å². The van der Waals surface area contributed by atoms with Gasteiger partial charge in [0.2, 0.25) is 0 Å². The van der Waals surface area contributed by atoms with Crippen LogP contribution >= 0.6 is 0 Å². The summed E-state index contributed by atoms with van der Waals surface area (Å²) in [5.41, 5.74) is -3.94. The van der Waals surface area contributed by atoms with Gasteiger partial charge in [-0.15, -0.1) is 0 Å². The lowest BCUT2D eigenvalue weighted by molar-refractivity contribution is -0.140. The largest absolute Gasteiger partial charge is 0.371 e. The summed E-state index contributed by atoms with van der Waals surface area (Å²) in [4.78, 5) is 57.2. The monoisotopic (exact) mass is 480 g/mol. The van der Waals surface area contributed by atoms with Gasteiger partial charge in [0.25, 0.3) is 0 Å². The van der Waals surface area contributed by atoms with Crippen molar-refractivity contribution in [1.82, 2.24) is 0 Å². The van der Waals surface area contributed by atoms with Crippen molar-refractivity contribution in [2.24, 2.45) is 0 Å². The lowest BCUT2D eigenvalue weighted by Crippen LogP contribution is -2.53. The molecule has 0 saturated carbocycles. The summed E-state index contributed by atoms with van der Waals surface area (Å²) in [7, 11) is 0. The van der Waals surface area contributed by atoms with Gasteiger partial charge < -0.3 is 33.4 Å². The van der Waals surface area contributed by atoms with E-state index in [0.29, 0.717) is 38.0 Å². The minimum Gasteiger partial charge on any atom is -0.371 e. The fourth-order valence-corrected chi connectivity index (χ4v) is 5.24. The second kappa shape index (κ2) is 16.8. The molecule has 0 bridgehead atoms. The Morgan fingerprint density at radius 3 is 1.47 bits per heavy atom. The highest BCUT2D eigenvalue weighted by Gasteiger charge is 2.78. The van der Waals surface area contributed by atoms with E-state index in [2.05, 4.69) is 6.92 Å². The maximum atomic E-state index is 11.6. The standard InChI is InChI=1S/C27H44O7/c1-2-3-4-5-6-7-8-9-10-11-12-13-24-33-25(14-19-28,15-20-29)27(18-23-32)26(34-27,16-21-30)17-22-31/h19-23H,2-18,24H2,1H3. The number of hydrogen-bond acceptors (Lipinski definition) is 7. The molecule has 34 heavy (non-hydrogen) atoms. The fraction of sp³-hybridized carbons (Fsp3) is 0.815. The number of unbranched alkanes of at least 4 members (excludes halogenated alkanes) is 11. The van der Waals surface area contributed by atoms with E-state index < -0.39 is 16.8 Å². The van der Waals surface area contributed by atoms with E-state index in [1.807, 2.05) is 0 Å². The third-order valence-electron chi connectivity index (χ3n) is 7.20. The average Bonchev–Trinajstić information content (AvgIpc) is 3.45. The van der Waals surface area contributed by atoms with Crippen LogP contribution in [0.4, 0.5) is 0 Å². The first-order valence-electron chi connectivity index (χ1n) is 13.1. The van der Waals surface area contributed by atoms with Crippen molar-refractivity contribution in [3.05, 3.63) is 0 Å². The summed E-state index contributed by atoms with van der Waals surface area (Å²) in [5, 5.41) is 0. The van der Waals surface area contributed by atoms with Crippen molar-refractivity contribution in [3.8, 4) is 0 Å². The van der Waals surface area contributed by atoms with Crippen molar-refractivity contribution in [2.45, 2.75) is 133 Å². The van der Waals surface area contributed by atoms with E-state index in [0.717, 1.165) is 19.3 Å². The Morgan fingerprint density at radius 1 is 0.618 bits per heavy atom. The maximum Gasteiger partial charge on any atom is 0.135 e. The van der Waals surface area contributed by atoms with Crippen LogP contribution in [-0.4, -0.2) is 54.8 Å². The Morgan fingerprint density at radius 2 is 1.06 bits per heavy atom. The number of epoxide rings is 1. The van der Waals surface area contributed by atoms with Crippen LogP contribution < -0.4 is 0 Å². The van der Waals surface area contributed by atoms with Gasteiger partial charge in [-0.3, -0.25) is 0 Å². The molecule has 7 nitrogen and oxygen atoms in total. The summed E-state index contributed by atoms with van der Waals surface area (Å²) < 4.78 is 12.1. The highest BCUT2D eigenvalue weighted by Crippen LogP contribution is 2.62. The molecule has 0 aromatic carbocycles. The van der Waals surface area contributed by atoms with Crippen molar-refractivity contribution in [3.63, 3.8) is 0 Å². The molecule has 0 aliphatic carbocycles. The smallest absolute Gasteiger partial charge is 0.135 e. The van der Waals surface area contributed by atoms with Crippen LogP contribution in [0.5, 0.6) is 0 Å². The molecule has 0 spiro atoms. The van der Waals surface area contributed by atoms with E-state index in [-0.39, 0.29) is 32.1 Å². The normalized spacial score (nSPS) is 18.9. The zero-order valence-electron chi connectivity index (χ0n) is 21.0. The summed E-state index contributed by atoms with van der Waals surface area (Å²) in [6, 6.07) is 0. The van der Waals surface area contributed by atoms with Gasteiger partial charge in [-0.2, -0.15) is 0 Å². The molecule has 1 atom stereocenters. The van der Waals surface area contributed by atoms with Crippen LogP contribution in [0.2, 0.25) is 0 Å². The Labute approximate surface area is 204 Å². The van der Waals surface area contributed by atoms with Crippen LogP contribution in [0.25, 0.3) is 0 Å². The lowest BCUT2D eigenvalue weighted by Gasteiger charge is -2.38. The fourth-order valence-electron chi connectivity index (χ4n) is 5.24. The van der Waals surface area contributed by atoms with E-state index in [1.165, 1.54) is 57.8 Å². The first-order valence-corrected chi connectivity index (χ1v) is 13.1. The number of carbonyl (C=O) groups excluding carboxylic acids is 5. The van der Waals surface area contributed by atoms with Crippen LogP contribution in [0, 0.1) is 0 Å². The summed E-state index contributed by atoms with van der Waals surface area (Å²) >= 11 is 0. The van der Waals surface area contributed by atoms with E-state index in [9.17, 15) is 24.0 Å². The maximum absolute atomic E-state index is 11.6. The molecule has 194 valence electrons. The first-order chi connectivity index (χ1) is 16.6. The minimum atomic E-state index is -1.37. The summed E-state index contributed by atoms with van der Waals surface area (Å²) in [5.74, 6) is 0. The molecule has 1 saturated heterocycles. The molecule has 0 radical (unpaired) electrons. The Kier molecular flexibility index (Phi) is 15.0. The molecule has 1 aliphatic rings. The van der Waals surface area contributed by atoms with Gasteiger partial charge >= 0.3 is 0 Å². The Balaban J connectivity index is 2.58. The molecule has 0 amide bonds.